The third kappa shape index (κ3) is 4.23. The molecule has 2 aromatic carbocycles. The molecule has 0 spiro atoms. The predicted octanol–water partition coefficient (Wildman–Crippen LogP) is 5.60. The van der Waals surface area contributed by atoms with Crippen molar-refractivity contribution < 1.29 is 9.72 Å². The van der Waals surface area contributed by atoms with Gasteiger partial charge in [0.05, 0.1) is 10.6 Å². The molecule has 0 aliphatic rings. The number of nitrogens with zero attached hydrogens (tertiary/aromatic N) is 2. The number of carbonyl (C=O) groups excluding carboxylic acids is 1. The normalized spacial score (nSPS) is 10.6. The number of amides is 1. The Balaban J connectivity index is 1.88. The fraction of sp³-hybridized carbons (Fsp3) is 0.158. The van der Waals surface area contributed by atoms with Gasteiger partial charge in [-0.3, -0.25) is 20.2 Å². The van der Waals surface area contributed by atoms with Crippen molar-refractivity contribution in [3.63, 3.8) is 0 Å². The van der Waals surface area contributed by atoms with Crippen molar-refractivity contribution in [2.75, 3.05) is 5.32 Å². The van der Waals surface area contributed by atoms with E-state index in [9.17, 15) is 14.9 Å². The Labute approximate surface area is 168 Å². The summed E-state index contributed by atoms with van der Waals surface area (Å²) in [6.45, 7) is 3.67. The summed E-state index contributed by atoms with van der Waals surface area (Å²) in [5, 5.41) is 14.3. The third-order valence-corrected chi connectivity index (χ3v) is 5.67. The van der Waals surface area contributed by atoms with Crippen LogP contribution in [0.5, 0.6) is 0 Å². The number of carbonyl (C=O) groups is 1. The summed E-state index contributed by atoms with van der Waals surface area (Å²) in [4.78, 5) is 28.7. The Hall–Kier alpha value is -2.58. The molecule has 0 saturated carbocycles. The zero-order chi connectivity index (χ0) is 19.6. The molecular formula is C19H16BrN3O3S. The Morgan fingerprint density at radius 1 is 1.26 bits per heavy atom. The van der Waals surface area contributed by atoms with Crippen LogP contribution in [0.2, 0.25) is 0 Å². The molecule has 138 valence electrons. The first kappa shape index (κ1) is 19.2. The number of benzene rings is 2. The van der Waals surface area contributed by atoms with Gasteiger partial charge in [0.15, 0.2) is 5.13 Å². The number of anilines is 1. The molecule has 0 bridgehead atoms. The van der Waals surface area contributed by atoms with Crippen LogP contribution in [0.4, 0.5) is 10.8 Å². The number of thiazole rings is 1. The van der Waals surface area contributed by atoms with E-state index in [-0.39, 0.29) is 11.3 Å². The van der Waals surface area contributed by atoms with Crippen LogP contribution in [0.1, 0.15) is 27.7 Å². The van der Waals surface area contributed by atoms with Crippen LogP contribution in [0.3, 0.4) is 0 Å². The van der Waals surface area contributed by atoms with Gasteiger partial charge >= 0.3 is 0 Å². The van der Waals surface area contributed by atoms with E-state index in [0.717, 1.165) is 27.0 Å². The van der Waals surface area contributed by atoms with Gasteiger partial charge in [-0.05, 0) is 31.5 Å². The molecule has 0 saturated heterocycles. The van der Waals surface area contributed by atoms with Crippen molar-refractivity contribution in [1.29, 1.82) is 0 Å². The van der Waals surface area contributed by atoms with Crippen LogP contribution in [-0.2, 0) is 6.42 Å². The number of hydrogen-bond acceptors (Lipinski definition) is 5. The number of nitro groups is 1. The lowest BCUT2D eigenvalue weighted by Gasteiger charge is -2.03. The molecule has 6 nitrogen and oxygen atoms in total. The molecule has 1 heterocycles. The van der Waals surface area contributed by atoms with Crippen molar-refractivity contribution in [2.45, 2.75) is 20.3 Å². The van der Waals surface area contributed by atoms with Crippen LogP contribution < -0.4 is 5.32 Å². The van der Waals surface area contributed by atoms with Crippen molar-refractivity contribution in [1.82, 2.24) is 4.98 Å². The van der Waals surface area contributed by atoms with Crippen LogP contribution >= 0.6 is 27.3 Å². The smallest absolute Gasteiger partial charge is 0.273 e. The summed E-state index contributed by atoms with van der Waals surface area (Å²) in [5.74, 6) is -0.420. The van der Waals surface area contributed by atoms with E-state index >= 15 is 0 Å². The lowest BCUT2D eigenvalue weighted by molar-refractivity contribution is -0.385. The summed E-state index contributed by atoms with van der Waals surface area (Å²) in [6.07, 6.45) is 0.787. The third-order valence-electron chi connectivity index (χ3n) is 4.02. The van der Waals surface area contributed by atoms with Crippen molar-refractivity contribution in [3.05, 3.63) is 73.1 Å². The molecule has 0 aliphatic heterocycles. The summed E-state index contributed by atoms with van der Waals surface area (Å²) in [5.41, 5.74) is 2.46. The first-order chi connectivity index (χ1) is 12.9. The van der Waals surface area contributed by atoms with Gasteiger partial charge in [-0.1, -0.05) is 41.1 Å². The topological polar surface area (TPSA) is 85.1 Å². The Morgan fingerprint density at radius 2 is 1.96 bits per heavy atom. The summed E-state index contributed by atoms with van der Waals surface area (Å²) >= 11 is 4.82. The average molecular weight is 446 g/mol. The molecule has 0 fully saturated rings. The van der Waals surface area contributed by atoms with E-state index in [4.69, 9.17) is 0 Å². The van der Waals surface area contributed by atoms with E-state index < -0.39 is 10.8 Å². The fourth-order valence-corrected chi connectivity index (χ4v) is 3.78. The van der Waals surface area contributed by atoms with E-state index in [2.05, 4.69) is 26.2 Å². The van der Waals surface area contributed by atoms with E-state index in [1.165, 1.54) is 17.4 Å². The van der Waals surface area contributed by atoms with Gasteiger partial charge in [0, 0.05) is 32.1 Å². The SMILES string of the molecule is CCc1sc(NC(=O)c2ccc(C)c([N+](=O)[O-])c2)nc1-c1ccc(Br)cc1. The Kier molecular flexibility index (Phi) is 5.67. The minimum absolute atomic E-state index is 0.0772. The highest BCUT2D eigenvalue weighted by molar-refractivity contribution is 9.10. The zero-order valence-electron chi connectivity index (χ0n) is 14.7. The maximum Gasteiger partial charge on any atom is 0.273 e. The highest BCUT2D eigenvalue weighted by atomic mass is 79.9. The molecule has 0 unspecified atom stereocenters. The first-order valence-electron chi connectivity index (χ1n) is 8.21. The second-order valence-electron chi connectivity index (χ2n) is 5.86. The van der Waals surface area contributed by atoms with Gasteiger partial charge in [0.2, 0.25) is 0 Å². The van der Waals surface area contributed by atoms with Crippen LogP contribution in [0.15, 0.2) is 46.9 Å². The molecule has 1 aromatic heterocycles. The van der Waals surface area contributed by atoms with E-state index in [1.54, 1.807) is 19.1 Å². The van der Waals surface area contributed by atoms with Crippen LogP contribution in [-0.4, -0.2) is 15.8 Å². The van der Waals surface area contributed by atoms with E-state index in [0.29, 0.717) is 10.7 Å². The summed E-state index contributed by atoms with van der Waals surface area (Å²) in [6, 6.07) is 12.2. The molecule has 0 atom stereocenters. The summed E-state index contributed by atoms with van der Waals surface area (Å²) in [7, 11) is 0. The predicted molar refractivity (Wildman–Crippen MR) is 110 cm³/mol. The molecule has 1 N–H and O–H groups in total. The molecular weight excluding hydrogens is 430 g/mol. The van der Waals surface area contributed by atoms with Crippen molar-refractivity contribution in [2.24, 2.45) is 0 Å². The minimum atomic E-state index is -0.490. The second-order valence-corrected chi connectivity index (χ2v) is 7.86. The van der Waals surface area contributed by atoms with Gasteiger partial charge in [-0.15, -0.1) is 11.3 Å². The van der Waals surface area contributed by atoms with Crippen molar-refractivity contribution >= 4 is 44.0 Å². The molecule has 27 heavy (non-hydrogen) atoms. The molecule has 3 aromatic rings. The lowest BCUT2D eigenvalue weighted by Crippen LogP contribution is -2.12. The first-order valence-corrected chi connectivity index (χ1v) is 9.82. The van der Waals surface area contributed by atoms with Gasteiger partial charge in [0.1, 0.15) is 0 Å². The zero-order valence-corrected chi connectivity index (χ0v) is 17.1. The van der Waals surface area contributed by atoms with Crippen LogP contribution in [0, 0.1) is 17.0 Å². The van der Waals surface area contributed by atoms with Gasteiger partial charge < -0.3 is 0 Å². The van der Waals surface area contributed by atoms with Crippen LogP contribution in [0.25, 0.3) is 11.3 Å². The van der Waals surface area contributed by atoms with Crippen molar-refractivity contribution in [3.8, 4) is 11.3 Å². The molecule has 0 aliphatic carbocycles. The molecule has 3 rings (SSSR count). The highest BCUT2D eigenvalue weighted by Crippen LogP contribution is 2.32. The maximum absolute atomic E-state index is 12.5. The summed E-state index contributed by atoms with van der Waals surface area (Å²) < 4.78 is 0.981. The van der Waals surface area contributed by atoms with Gasteiger partial charge in [-0.2, -0.15) is 0 Å². The average Bonchev–Trinajstić information content (AvgIpc) is 3.05. The number of aromatic nitrogens is 1. The molecule has 8 heteroatoms. The number of nitrogens with one attached hydrogen (secondary N) is 1. The largest absolute Gasteiger partial charge is 0.298 e. The van der Waals surface area contributed by atoms with Gasteiger partial charge in [0.25, 0.3) is 11.6 Å². The standard InChI is InChI=1S/C19H16BrN3O3S/c1-3-16-17(12-6-8-14(20)9-7-12)21-19(27-16)22-18(24)13-5-4-11(2)15(10-13)23(25)26/h4-10H,3H2,1-2H3,(H,21,22,24). The number of nitro benzene ring substituents is 1. The monoisotopic (exact) mass is 445 g/mol. The van der Waals surface area contributed by atoms with Gasteiger partial charge in [-0.25, -0.2) is 4.98 Å². The number of aryl methyl sites for hydroxylation is 2. The minimum Gasteiger partial charge on any atom is -0.298 e. The molecule has 1 amide bonds. The number of hydrogen-bond donors (Lipinski definition) is 1. The fourth-order valence-electron chi connectivity index (χ4n) is 2.59. The van der Waals surface area contributed by atoms with E-state index in [1.807, 2.05) is 31.2 Å². The maximum atomic E-state index is 12.5. The number of halogens is 1. The number of rotatable bonds is 5. The Morgan fingerprint density at radius 3 is 2.59 bits per heavy atom. The molecule has 0 radical (unpaired) electrons. The Bertz CT molecular complexity index is 1020. The second kappa shape index (κ2) is 7.98. The quantitative estimate of drug-likeness (QED) is 0.408. The lowest BCUT2D eigenvalue weighted by atomic mass is 10.1. The highest BCUT2D eigenvalue weighted by Gasteiger charge is 2.18.